The number of nitrogens with zero attached hydrogens (tertiary/aromatic N) is 2. The van der Waals surface area contributed by atoms with Crippen LogP contribution in [0.4, 0.5) is 0 Å². The van der Waals surface area contributed by atoms with Crippen molar-refractivity contribution in [3.05, 3.63) is 18.7 Å². The molecular formula is C8H10N2O2. The van der Waals surface area contributed by atoms with E-state index in [-0.39, 0.29) is 5.97 Å². The average molecular weight is 166 g/mol. The van der Waals surface area contributed by atoms with Gasteiger partial charge in [0.1, 0.15) is 5.54 Å². The Kier molecular flexibility index (Phi) is 1.43. The van der Waals surface area contributed by atoms with E-state index in [0.717, 1.165) is 12.8 Å². The minimum absolute atomic E-state index is 0.166. The summed E-state index contributed by atoms with van der Waals surface area (Å²) in [6.45, 7) is 0. The van der Waals surface area contributed by atoms with Gasteiger partial charge in [-0.3, -0.25) is 0 Å². The molecule has 1 aliphatic rings. The number of carbonyl (C=O) groups excluding carboxylic acids is 1. The molecule has 64 valence electrons. The second-order valence-corrected chi connectivity index (χ2v) is 2.99. The van der Waals surface area contributed by atoms with Crippen molar-refractivity contribution < 1.29 is 9.53 Å². The number of methoxy groups -OCH3 is 1. The molecule has 0 atom stereocenters. The monoisotopic (exact) mass is 166 g/mol. The van der Waals surface area contributed by atoms with Gasteiger partial charge in [-0.05, 0) is 12.8 Å². The molecule has 1 heterocycles. The van der Waals surface area contributed by atoms with Gasteiger partial charge in [-0.25, -0.2) is 9.78 Å². The molecule has 1 aliphatic carbocycles. The van der Waals surface area contributed by atoms with Gasteiger partial charge in [0.05, 0.1) is 13.4 Å². The van der Waals surface area contributed by atoms with E-state index in [1.54, 1.807) is 18.7 Å². The molecule has 0 aromatic carbocycles. The van der Waals surface area contributed by atoms with Gasteiger partial charge in [0.2, 0.25) is 0 Å². The summed E-state index contributed by atoms with van der Waals surface area (Å²) >= 11 is 0. The predicted octanol–water partition coefficient (Wildman–Crippen LogP) is 0.545. The minimum atomic E-state index is -0.425. The van der Waals surface area contributed by atoms with Gasteiger partial charge in [-0.1, -0.05) is 0 Å². The lowest BCUT2D eigenvalue weighted by atomic mass is 10.3. The number of hydrogen-bond acceptors (Lipinski definition) is 3. The fourth-order valence-corrected chi connectivity index (χ4v) is 1.39. The SMILES string of the molecule is COC(=O)C1(n2ccnc2)CC1. The van der Waals surface area contributed by atoms with Crippen molar-refractivity contribution in [3.8, 4) is 0 Å². The lowest BCUT2D eigenvalue weighted by Crippen LogP contribution is -2.27. The van der Waals surface area contributed by atoms with Gasteiger partial charge in [-0.15, -0.1) is 0 Å². The van der Waals surface area contributed by atoms with E-state index in [2.05, 4.69) is 4.98 Å². The molecule has 0 spiro atoms. The molecule has 0 N–H and O–H groups in total. The summed E-state index contributed by atoms with van der Waals surface area (Å²) in [5.74, 6) is -0.166. The van der Waals surface area contributed by atoms with E-state index in [1.807, 2.05) is 4.57 Å². The second kappa shape index (κ2) is 2.33. The quantitative estimate of drug-likeness (QED) is 0.602. The Labute approximate surface area is 70.2 Å². The fourth-order valence-electron chi connectivity index (χ4n) is 1.39. The summed E-state index contributed by atoms with van der Waals surface area (Å²) in [5.41, 5.74) is -0.425. The fraction of sp³-hybridized carbons (Fsp3) is 0.500. The molecule has 1 fully saturated rings. The first-order valence-corrected chi connectivity index (χ1v) is 3.86. The number of hydrogen-bond donors (Lipinski definition) is 0. The number of imidazole rings is 1. The molecule has 1 aromatic heterocycles. The van der Waals surface area contributed by atoms with Crippen LogP contribution < -0.4 is 0 Å². The standard InChI is InChI=1S/C8H10N2O2/c1-12-7(11)8(2-3-8)10-5-4-9-6-10/h4-6H,2-3H2,1H3. The Morgan fingerprint density at radius 3 is 2.83 bits per heavy atom. The highest BCUT2D eigenvalue weighted by Gasteiger charge is 2.52. The lowest BCUT2D eigenvalue weighted by molar-refractivity contribution is -0.146. The van der Waals surface area contributed by atoms with E-state index < -0.39 is 5.54 Å². The van der Waals surface area contributed by atoms with Crippen LogP contribution in [-0.2, 0) is 15.1 Å². The van der Waals surface area contributed by atoms with Crippen molar-refractivity contribution in [2.45, 2.75) is 18.4 Å². The zero-order valence-corrected chi connectivity index (χ0v) is 6.86. The largest absolute Gasteiger partial charge is 0.467 e. The highest BCUT2D eigenvalue weighted by molar-refractivity contribution is 5.81. The Hall–Kier alpha value is -1.32. The van der Waals surface area contributed by atoms with Crippen LogP contribution in [0.2, 0.25) is 0 Å². The third kappa shape index (κ3) is 0.841. The number of esters is 1. The zero-order chi connectivity index (χ0) is 8.60. The Balaban J connectivity index is 2.28. The maximum Gasteiger partial charge on any atom is 0.332 e. The number of aromatic nitrogens is 2. The molecule has 0 amide bonds. The molecule has 2 rings (SSSR count). The topological polar surface area (TPSA) is 44.1 Å². The number of rotatable bonds is 2. The molecule has 4 heteroatoms. The van der Waals surface area contributed by atoms with Gasteiger partial charge >= 0.3 is 5.97 Å². The summed E-state index contributed by atoms with van der Waals surface area (Å²) < 4.78 is 6.53. The summed E-state index contributed by atoms with van der Waals surface area (Å²) in [6.07, 6.45) is 6.84. The molecule has 1 aromatic rings. The van der Waals surface area contributed by atoms with E-state index in [4.69, 9.17) is 4.74 Å². The summed E-state index contributed by atoms with van der Waals surface area (Å²) in [5, 5.41) is 0. The predicted molar refractivity (Wildman–Crippen MR) is 41.5 cm³/mol. The molecule has 0 radical (unpaired) electrons. The van der Waals surface area contributed by atoms with E-state index >= 15 is 0 Å². The third-order valence-electron chi connectivity index (χ3n) is 2.29. The number of ether oxygens (including phenoxy) is 1. The Bertz CT molecular complexity index is 288. The van der Waals surface area contributed by atoms with Crippen molar-refractivity contribution in [1.29, 1.82) is 0 Å². The van der Waals surface area contributed by atoms with Crippen molar-refractivity contribution in [2.75, 3.05) is 7.11 Å². The normalized spacial score (nSPS) is 18.8. The molecule has 0 saturated heterocycles. The maximum absolute atomic E-state index is 11.3. The summed E-state index contributed by atoms with van der Waals surface area (Å²) in [6, 6.07) is 0. The van der Waals surface area contributed by atoms with Gasteiger partial charge in [0, 0.05) is 12.4 Å². The van der Waals surface area contributed by atoms with Crippen LogP contribution in [0.3, 0.4) is 0 Å². The second-order valence-electron chi connectivity index (χ2n) is 2.99. The van der Waals surface area contributed by atoms with E-state index in [9.17, 15) is 4.79 Å². The molecule has 4 nitrogen and oxygen atoms in total. The summed E-state index contributed by atoms with van der Waals surface area (Å²) in [4.78, 5) is 15.2. The molecule has 1 saturated carbocycles. The van der Waals surface area contributed by atoms with Crippen molar-refractivity contribution in [1.82, 2.24) is 9.55 Å². The first kappa shape index (κ1) is 7.34. The highest BCUT2D eigenvalue weighted by Crippen LogP contribution is 2.44. The van der Waals surface area contributed by atoms with Gasteiger partial charge < -0.3 is 9.30 Å². The maximum atomic E-state index is 11.3. The van der Waals surface area contributed by atoms with Crippen LogP contribution in [-0.4, -0.2) is 22.6 Å². The van der Waals surface area contributed by atoms with E-state index in [1.165, 1.54) is 7.11 Å². The van der Waals surface area contributed by atoms with Crippen LogP contribution in [0, 0.1) is 0 Å². The summed E-state index contributed by atoms with van der Waals surface area (Å²) in [7, 11) is 1.42. The highest BCUT2D eigenvalue weighted by atomic mass is 16.5. The van der Waals surface area contributed by atoms with Crippen LogP contribution in [0.15, 0.2) is 18.7 Å². The van der Waals surface area contributed by atoms with Gasteiger partial charge in [-0.2, -0.15) is 0 Å². The van der Waals surface area contributed by atoms with Crippen molar-refractivity contribution in [2.24, 2.45) is 0 Å². The molecule has 12 heavy (non-hydrogen) atoms. The molecule has 0 aliphatic heterocycles. The Morgan fingerprint density at radius 1 is 1.67 bits per heavy atom. The van der Waals surface area contributed by atoms with Crippen molar-refractivity contribution >= 4 is 5.97 Å². The van der Waals surface area contributed by atoms with Crippen LogP contribution in [0.25, 0.3) is 0 Å². The van der Waals surface area contributed by atoms with Crippen LogP contribution in [0.1, 0.15) is 12.8 Å². The van der Waals surface area contributed by atoms with Crippen LogP contribution >= 0.6 is 0 Å². The number of carbonyl (C=O) groups is 1. The smallest absolute Gasteiger partial charge is 0.332 e. The van der Waals surface area contributed by atoms with Gasteiger partial charge in [0.15, 0.2) is 0 Å². The van der Waals surface area contributed by atoms with Crippen molar-refractivity contribution in [3.63, 3.8) is 0 Å². The molecular weight excluding hydrogens is 156 g/mol. The third-order valence-corrected chi connectivity index (χ3v) is 2.29. The van der Waals surface area contributed by atoms with Crippen LogP contribution in [0.5, 0.6) is 0 Å². The first-order valence-electron chi connectivity index (χ1n) is 3.86. The van der Waals surface area contributed by atoms with Gasteiger partial charge in [0.25, 0.3) is 0 Å². The molecule has 0 bridgehead atoms. The zero-order valence-electron chi connectivity index (χ0n) is 6.86. The Morgan fingerprint density at radius 2 is 2.42 bits per heavy atom. The molecule has 0 unspecified atom stereocenters. The first-order chi connectivity index (χ1) is 5.79. The lowest BCUT2D eigenvalue weighted by Gasteiger charge is -2.12. The average Bonchev–Trinajstić information content (AvgIpc) is 2.73. The van der Waals surface area contributed by atoms with E-state index in [0.29, 0.717) is 0 Å². The minimum Gasteiger partial charge on any atom is -0.467 e.